The molecule has 40 heavy (non-hydrogen) atoms. The van der Waals surface area contributed by atoms with Gasteiger partial charge in [-0.1, -0.05) is 90.3 Å². The molecule has 0 aromatic heterocycles. The van der Waals surface area contributed by atoms with Gasteiger partial charge in [-0.25, -0.2) is 0 Å². The van der Waals surface area contributed by atoms with E-state index in [2.05, 4.69) is 17.1 Å². The predicted octanol–water partition coefficient (Wildman–Crippen LogP) is 4.80. The third-order valence-electron chi connectivity index (χ3n) is 7.96. The average molecular weight is 614 g/mol. The van der Waals surface area contributed by atoms with Gasteiger partial charge in [0.15, 0.2) is 12.1 Å². The highest BCUT2D eigenvalue weighted by atomic mass is 35.6. The summed E-state index contributed by atoms with van der Waals surface area (Å²) in [4.78, 5) is 14.3. The molecule has 2 N–H and O–H groups in total. The first-order valence-electron chi connectivity index (χ1n) is 13.6. The number of halogens is 3. The molecule has 2 aromatic rings. The van der Waals surface area contributed by atoms with Crippen molar-refractivity contribution in [2.75, 3.05) is 32.8 Å². The van der Waals surface area contributed by atoms with Crippen LogP contribution < -0.4 is 5.32 Å². The van der Waals surface area contributed by atoms with Crippen molar-refractivity contribution in [2.24, 2.45) is 5.92 Å². The highest BCUT2D eigenvalue weighted by Crippen LogP contribution is 2.42. The van der Waals surface area contributed by atoms with E-state index in [0.29, 0.717) is 13.2 Å². The Bertz CT molecular complexity index is 1130. The first-order valence-corrected chi connectivity index (χ1v) is 14.7. The third kappa shape index (κ3) is 7.12. The van der Waals surface area contributed by atoms with Crippen molar-refractivity contribution in [2.45, 2.75) is 61.0 Å². The number of nitrogens with zero attached hydrogens (tertiary/aromatic N) is 1. The summed E-state index contributed by atoms with van der Waals surface area (Å²) in [5.41, 5.74) is 3.62. The van der Waals surface area contributed by atoms with Crippen molar-refractivity contribution in [3.63, 3.8) is 0 Å². The molecule has 1 amide bonds. The molecule has 0 bridgehead atoms. The van der Waals surface area contributed by atoms with E-state index in [0.717, 1.165) is 54.7 Å². The monoisotopic (exact) mass is 612 g/mol. The van der Waals surface area contributed by atoms with Crippen LogP contribution in [-0.4, -0.2) is 64.4 Å². The first kappa shape index (κ1) is 30.0. The van der Waals surface area contributed by atoms with Gasteiger partial charge in [0.25, 0.3) is 9.70 Å². The van der Waals surface area contributed by atoms with Gasteiger partial charge in [-0.05, 0) is 16.7 Å². The van der Waals surface area contributed by atoms with Crippen molar-refractivity contribution in [1.29, 1.82) is 0 Å². The zero-order valence-electron chi connectivity index (χ0n) is 22.4. The number of amides is 1. The van der Waals surface area contributed by atoms with Crippen molar-refractivity contribution in [3.8, 4) is 0 Å². The highest BCUT2D eigenvalue weighted by Gasteiger charge is 2.43. The molecular weight excluding hydrogens is 579 g/mol. The number of nitrogens with one attached hydrogen (secondary N) is 1. The van der Waals surface area contributed by atoms with Gasteiger partial charge in [0.1, 0.15) is 0 Å². The van der Waals surface area contributed by atoms with Crippen LogP contribution >= 0.6 is 34.8 Å². The summed E-state index contributed by atoms with van der Waals surface area (Å²) < 4.78 is 23.0. The van der Waals surface area contributed by atoms with Gasteiger partial charge in [-0.2, -0.15) is 0 Å². The Kier molecular flexibility index (Phi) is 9.62. The molecule has 1 spiro atoms. The molecule has 5 rings (SSSR count). The molecule has 3 aliphatic heterocycles. The molecule has 2 aromatic carbocycles. The fourth-order valence-corrected chi connectivity index (χ4v) is 5.72. The molecule has 0 saturated carbocycles. The molecule has 3 fully saturated rings. The van der Waals surface area contributed by atoms with E-state index in [1.165, 1.54) is 0 Å². The summed E-state index contributed by atoms with van der Waals surface area (Å²) in [7, 11) is 0. The lowest BCUT2D eigenvalue weighted by Crippen LogP contribution is -2.50. The maximum Gasteiger partial charge on any atom is 0.272 e. The van der Waals surface area contributed by atoms with Crippen LogP contribution in [0.3, 0.4) is 0 Å². The number of likely N-dealkylation sites (tertiary alicyclic amines) is 1. The lowest BCUT2D eigenvalue weighted by Gasteiger charge is -2.44. The number of carbonyl (C=O) groups excluding carboxylic acids is 1. The number of benzene rings is 2. The van der Waals surface area contributed by atoms with Gasteiger partial charge in [0, 0.05) is 50.5 Å². The standard InChI is InChI=1S/C29H35Cl3N2O6/c1-19-24(17-34-12-10-28(11-13-34)37-14-15-38-28)39-26(40-25(19)22-6-4-21(18-35)5-7-22)23-8-2-20(3-9-23)16-33-27(36)29(30,31)32/h2-9,19,24-26,35H,10-18H2,1H3,(H,33,36)/t19-,24+,25+,26+/m0/s1. The van der Waals surface area contributed by atoms with E-state index in [-0.39, 0.29) is 31.3 Å². The minimum Gasteiger partial charge on any atom is -0.392 e. The normalized spacial score (nSPS) is 27.1. The average Bonchev–Trinajstić information content (AvgIpc) is 3.42. The van der Waals surface area contributed by atoms with Gasteiger partial charge < -0.3 is 34.3 Å². The quantitative estimate of drug-likeness (QED) is 0.434. The second-order valence-electron chi connectivity index (χ2n) is 10.7. The summed E-state index contributed by atoms with van der Waals surface area (Å²) in [6.07, 6.45) is 0.833. The molecule has 3 aliphatic rings. The van der Waals surface area contributed by atoms with Gasteiger partial charge >= 0.3 is 0 Å². The molecule has 0 aliphatic carbocycles. The van der Waals surface area contributed by atoms with Crippen LogP contribution in [0.4, 0.5) is 0 Å². The van der Waals surface area contributed by atoms with Gasteiger partial charge in [0.2, 0.25) is 0 Å². The van der Waals surface area contributed by atoms with E-state index < -0.39 is 21.8 Å². The molecule has 218 valence electrons. The first-order chi connectivity index (χ1) is 19.2. The van der Waals surface area contributed by atoms with Crippen molar-refractivity contribution in [1.82, 2.24) is 10.2 Å². The van der Waals surface area contributed by atoms with Crippen molar-refractivity contribution >= 4 is 40.7 Å². The Morgan fingerprint density at radius 2 is 1.57 bits per heavy atom. The zero-order chi connectivity index (χ0) is 28.3. The minimum absolute atomic E-state index is 0.00589. The molecule has 4 atom stereocenters. The van der Waals surface area contributed by atoms with Crippen LogP contribution in [0.5, 0.6) is 0 Å². The molecule has 3 heterocycles. The molecular formula is C29H35Cl3N2O6. The lowest BCUT2D eigenvalue weighted by atomic mass is 9.89. The predicted molar refractivity (Wildman–Crippen MR) is 152 cm³/mol. The zero-order valence-corrected chi connectivity index (χ0v) is 24.6. The Morgan fingerprint density at radius 3 is 2.17 bits per heavy atom. The Hall–Kier alpha value is -1.46. The van der Waals surface area contributed by atoms with E-state index in [1.54, 1.807) is 0 Å². The highest BCUT2D eigenvalue weighted by molar-refractivity contribution is 6.76. The maximum atomic E-state index is 11.9. The number of ether oxygens (including phenoxy) is 4. The number of alkyl halides is 3. The number of carbonyl (C=O) groups is 1. The fourth-order valence-electron chi connectivity index (χ4n) is 5.52. The van der Waals surface area contributed by atoms with E-state index in [1.807, 2.05) is 48.5 Å². The summed E-state index contributed by atoms with van der Waals surface area (Å²) in [6.45, 7) is 6.23. The van der Waals surface area contributed by atoms with Crippen LogP contribution in [0.15, 0.2) is 48.5 Å². The second-order valence-corrected chi connectivity index (χ2v) is 12.9. The molecule has 0 unspecified atom stereocenters. The Labute approximate surface area is 249 Å². The minimum atomic E-state index is -2.01. The van der Waals surface area contributed by atoms with Gasteiger partial charge in [-0.15, -0.1) is 0 Å². The number of aliphatic hydroxyl groups is 1. The van der Waals surface area contributed by atoms with E-state index in [4.69, 9.17) is 53.8 Å². The lowest BCUT2D eigenvalue weighted by molar-refractivity contribution is -0.278. The van der Waals surface area contributed by atoms with Crippen LogP contribution in [0.25, 0.3) is 0 Å². The Balaban J connectivity index is 1.30. The second kappa shape index (κ2) is 12.8. The Morgan fingerprint density at radius 1 is 0.975 bits per heavy atom. The number of rotatable bonds is 7. The largest absolute Gasteiger partial charge is 0.392 e. The molecule has 0 radical (unpaired) electrons. The summed E-state index contributed by atoms with van der Waals surface area (Å²) >= 11 is 16.9. The third-order valence-corrected chi connectivity index (χ3v) is 8.47. The molecule has 3 saturated heterocycles. The van der Waals surface area contributed by atoms with Crippen molar-refractivity contribution in [3.05, 3.63) is 70.8 Å². The summed E-state index contributed by atoms with van der Waals surface area (Å²) in [6, 6.07) is 15.5. The number of hydrogen-bond donors (Lipinski definition) is 2. The van der Waals surface area contributed by atoms with Crippen molar-refractivity contribution < 1.29 is 28.8 Å². The van der Waals surface area contributed by atoms with Crippen LogP contribution in [-0.2, 0) is 36.9 Å². The smallest absolute Gasteiger partial charge is 0.272 e. The van der Waals surface area contributed by atoms with Crippen LogP contribution in [0.2, 0.25) is 0 Å². The number of piperidine rings is 1. The number of hydrogen-bond acceptors (Lipinski definition) is 7. The van der Waals surface area contributed by atoms with Gasteiger partial charge in [0.05, 0.1) is 32.0 Å². The fraction of sp³-hybridized carbons (Fsp3) is 0.552. The van der Waals surface area contributed by atoms with E-state index >= 15 is 0 Å². The topological polar surface area (TPSA) is 89.5 Å². The summed E-state index contributed by atoms with van der Waals surface area (Å²) in [5.74, 6) is -1.01. The number of aliphatic hydroxyl groups excluding tert-OH is 1. The molecule has 11 heteroatoms. The SMILES string of the molecule is C[C@H]1[C@@H](CN2CCC3(CC2)OCCO3)O[C@@H](c2ccc(CNC(=O)C(Cl)(Cl)Cl)cc2)O[C@H]1c1ccc(CO)cc1. The van der Waals surface area contributed by atoms with E-state index in [9.17, 15) is 9.90 Å². The molecule has 8 nitrogen and oxygen atoms in total. The van der Waals surface area contributed by atoms with Crippen LogP contribution in [0, 0.1) is 5.92 Å². The van der Waals surface area contributed by atoms with Gasteiger partial charge in [-0.3, -0.25) is 4.79 Å². The summed E-state index contributed by atoms with van der Waals surface area (Å²) in [5, 5.41) is 12.1. The maximum absolute atomic E-state index is 11.9. The van der Waals surface area contributed by atoms with Crippen LogP contribution in [0.1, 0.15) is 54.4 Å².